The molecule has 0 bridgehead atoms. The van der Waals surface area contributed by atoms with Crippen molar-refractivity contribution >= 4 is 71.0 Å². The molecular formula is C3H6AlN3O3S3. The molecule has 3 amide bonds. The molecule has 0 aromatic heterocycles. The molecule has 0 radical (unpaired) electrons. The van der Waals surface area contributed by atoms with Gasteiger partial charge in [-0.3, -0.25) is 0 Å². The third kappa shape index (κ3) is 6770. The SMILES string of the molecule is NC(=O)[S-].NC(=O)[S-].NC(=O)[S-].[Al+3]. The van der Waals surface area contributed by atoms with Gasteiger partial charge in [0, 0.05) is 0 Å². The van der Waals surface area contributed by atoms with E-state index in [1.807, 2.05) is 0 Å². The van der Waals surface area contributed by atoms with Gasteiger partial charge in [0.25, 0.3) is 0 Å². The van der Waals surface area contributed by atoms with Gasteiger partial charge < -0.3 is 69.5 Å². The van der Waals surface area contributed by atoms with Crippen LogP contribution in [0.1, 0.15) is 0 Å². The molecule has 0 fully saturated rings. The monoisotopic (exact) mass is 255 g/mol. The zero-order valence-electron chi connectivity index (χ0n) is 6.26. The van der Waals surface area contributed by atoms with E-state index in [0.29, 0.717) is 0 Å². The Morgan fingerprint density at radius 3 is 0.692 bits per heavy atom. The number of carbonyl (C=O) groups is 3. The van der Waals surface area contributed by atoms with Crippen LogP contribution in [-0.4, -0.2) is 33.1 Å². The maximum Gasteiger partial charge on any atom is 3.00 e. The zero-order chi connectivity index (χ0) is 10.7. The van der Waals surface area contributed by atoms with E-state index in [0.717, 1.165) is 0 Å². The predicted molar refractivity (Wildman–Crippen MR) is 56.6 cm³/mol. The summed E-state index contributed by atoms with van der Waals surface area (Å²) >= 11 is 11.3. The normalized spacial score (nSPS) is 5.54. The zero-order valence-corrected chi connectivity index (χ0v) is 9.86. The summed E-state index contributed by atoms with van der Waals surface area (Å²) in [5.41, 5.74) is 12.9. The molecular weight excluding hydrogens is 249 g/mol. The molecule has 0 aromatic carbocycles. The van der Waals surface area contributed by atoms with Crippen LogP contribution in [0.5, 0.6) is 0 Å². The van der Waals surface area contributed by atoms with Crippen molar-refractivity contribution in [3.63, 3.8) is 0 Å². The molecule has 0 spiro atoms. The van der Waals surface area contributed by atoms with Crippen LogP contribution in [0, 0.1) is 0 Å². The number of carbonyl (C=O) groups excluding carboxylic acids is 3. The second-order valence-electron chi connectivity index (χ2n) is 0.957. The Labute approximate surface area is 102 Å². The maximum atomic E-state index is 9.04. The van der Waals surface area contributed by atoms with E-state index in [2.05, 4.69) is 55.1 Å². The first kappa shape index (κ1) is 22.9. The summed E-state index contributed by atoms with van der Waals surface area (Å²) in [5.74, 6) is 0. The van der Waals surface area contributed by atoms with Crippen LogP contribution in [0.3, 0.4) is 0 Å². The van der Waals surface area contributed by atoms with E-state index in [1.54, 1.807) is 0 Å². The van der Waals surface area contributed by atoms with Crippen LogP contribution in [0.25, 0.3) is 0 Å². The van der Waals surface area contributed by atoms with Gasteiger partial charge in [0.1, 0.15) is 0 Å². The number of nitrogens with two attached hydrogens (primary N) is 3. The first-order valence-corrected chi connectivity index (χ1v) is 3.32. The molecule has 0 unspecified atom stereocenters. The number of amides is 3. The van der Waals surface area contributed by atoms with E-state index < -0.39 is 15.7 Å². The Morgan fingerprint density at radius 2 is 0.692 bits per heavy atom. The Hall–Kier alpha value is -0.398. The van der Waals surface area contributed by atoms with Crippen molar-refractivity contribution in [2.75, 3.05) is 0 Å². The summed E-state index contributed by atoms with van der Waals surface area (Å²) in [6, 6.07) is 0. The average molecular weight is 255 g/mol. The van der Waals surface area contributed by atoms with Gasteiger partial charge in [0.15, 0.2) is 0 Å². The molecule has 0 saturated carbocycles. The number of rotatable bonds is 0. The van der Waals surface area contributed by atoms with Gasteiger partial charge in [-0.25, -0.2) is 0 Å². The smallest absolute Gasteiger partial charge is 0.719 e. The molecule has 13 heavy (non-hydrogen) atoms. The van der Waals surface area contributed by atoms with Crippen LogP contribution in [0.2, 0.25) is 0 Å². The van der Waals surface area contributed by atoms with Crippen LogP contribution >= 0.6 is 0 Å². The second kappa shape index (κ2) is 17.6. The Morgan fingerprint density at radius 1 is 0.692 bits per heavy atom. The van der Waals surface area contributed by atoms with E-state index >= 15 is 0 Å². The minimum atomic E-state index is -0.750. The van der Waals surface area contributed by atoms with Crippen molar-refractivity contribution in [1.82, 2.24) is 0 Å². The summed E-state index contributed by atoms with van der Waals surface area (Å²) < 4.78 is 0. The minimum absolute atomic E-state index is 0. The van der Waals surface area contributed by atoms with Crippen molar-refractivity contribution in [1.29, 1.82) is 0 Å². The number of hydrogen-bond acceptors (Lipinski definition) is 6. The number of primary amides is 3. The van der Waals surface area contributed by atoms with Crippen LogP contribution in [0.15, 0.2) is 0 Å². The average Bonchev–Trinajstić information content (AvgIpc) is 1.54. The van der Waals surface area contributed by atoms with Crippen LogP contribution in [-0.2, 0) is 37.9 Å². The van der Waals surface area contributed by atoms with Crippen LogP contribution in [0.4, 0.5) is 14.4 Å². The van der Waals surface area contributed by atoms with E-state index in [9.17, 15) is 0 Å². The molecule has 10 heteroatoms. The maximum absolute atomic E-state index is 9.04. The molecule has 72 valence electrons. The summed E-state index contributed by atoms with van der Waals surface area (Å²) in [4.78, 5) is 27.1. The van der Waals surface area contributed by atoms with Gasteiger partial charge >= 0.3 is 17.4 Å². The molecule has 0 rings (SSSR count). The molecule has 0 aliphatic heterocycles. The third-order valence-corrected chi connectivity index (χ3v) is 0. The van der Waals surface area contributed by atoms with Gasteiger partial charge in [0.05, 0.1) is 15.7 Å². The molecule has 6 nitrogen and oxygen atoms in total. The first-order valence-electron chi connectivity index (χ1n) is 2.09. The summed E-state index contributed by atoms with van der Waals surface area (Å²) in [7, 11) is 0. The fourth-order valence-corrected chi connectivity index (χ4v) is 0. The molecule has 0 heterocycles. The minimum Gasteiger partial charge on any atom is -0.719 e. The van der Waals surface area contributed by atoms with Gasteiger partial charge in [-0.15, -0.1) is 0 Å². The Kier molecular flexibility index (Phi) is 31.1. The topological polar surface area (TPSA) is 129 Å². The van der Waals surface area contributed by atoms with Gasteiger partial charge in [-0.1, -0.05) is 0 Å². The first-order chi connectivity index (χ1) is 5.20. The molecule has 0 aromatic rings. The van der Waals surface area contributed by atoms with Crippen molar-refractivity contribution in [2.24, 2.45) is 17.2 Å². The fraction of sp³-hybridized carbons (Fsp3) is 0. The predicted octanol–water partition coefficient (Wildman–Crippen LogP) is -1.54. The standard InChI is InChI=1S/3CH3NOS.Al/c3*2-1(3)4;/h3*(H3,2,3,4);/q;;;+3/p-3. The van der Waals surface area contributed by atoms with Crippen molar-refractivity contribution in [3.05, 3.63) is 0 Å². The van der Waals surface area contributed by atoms with E-state index in [-0.39, 0.29) is 17.4 Å². The van der Waals surface area contributed by atoms with Crippen molar-refractivity contribution in [2.45, 2.75) is 0 Å². The molecule has 6 N–H and O–H groups in total. The second-order valence-corrected chi connectivity index (χ2v) is 2.16. The van der Waals surface area contributed by atoms with E-state index in [1.165, 1.54) is 0 Å². The number of hydrogen-bond donors (Lipinski definition) is 3. The van der Waals surface area contributed by atoms with Gasteiger partial charge in [-0.2, -0.15) is 0 Å². The quantitative estimate of drug-likeness (QED) is 0.355. The fourth-order valence-electron chi connectivity index (χ4n) is 0. The molecule has 0 aliphatic rings. The van der Waals surface area contributed by atoms with Gasteiger partial charge in [-0.05, 0) is 0 Å². The molecule has 0 saturated heterocycles. The molecule has 0 atom stereocenters. The van der Waals surface area contributed by atoms with Crippen molar-refractivity contribution in [3.8, 4) is 0 Å². The van der Waals surface area contributed by atoms with Crippen molar-refractivity contribution < 1.29 is 14.4 Å². The van der Waals surface area contributed by atoms with Crippen LogP contribution < -0.4 is 17.2 Å². The summed E-state index contributed by atoms with van der Waals surface area (Å²) in [6.45, 7) is 0. The summed E-state index contributed by atoms with van der Waals surface area (Å²) in [6.07, 6.45) is 0. The molecule has 0 aliphatic carbocycles. The van der Waals surface area contributed by atoms with Gasteiger partial charge in [0.2, 0.25) is 0 Å². The summed E-state index contributed by atoms with van der Waals surface area (Å²) in [5, 5.41) is -2.25. The largest absolute Gasteiger partial charge is 3.00 e. The van der Waals surface area contributed by atoms with E-state index in [4.69, 9.17) is 14.4 Å². The third-order valence-electron chi connectivity index (χ3n) is 0. The Bertz CT molecular complexity index is 127. The Balaban J connectivity index is -0.0000000450.